The fraction of sp³-hybridized carbons (Fsp3) is 0.0667. The van der Waals surface area contributed by atoms with Crippen molar-refractivity contribution in [3.8, 4) is 0 Å². The largest absolute Gasteiger partial charge is 0.333 e. The van der Waals surface area contributed by atoms with Gasteiger partial charge in [0.05, 0.1) is 11.7 Å². The van der Waals surface area contributed by atoms with Gasteiger partial charge in [0.2, 0.25) is 0 Å². The average molecular weight is 985 g/mol. The van der Waals surface area contributed by atoms with E-state index in [1.807, 2.05) is 6.08 Å². The van der Waals surface area contributed by atoms with Crippen LogP contribution in [-0.2, 0) is 0 Å². The van der Waals surface area contributed by atoms with E-state index in [9.17, 15) is 0 Å². The van der Waals surface area contributed by atoms with Crippen LogP contribution in [0.1, 0.15) is 35.2 Å². The van der Waals surface area contributed by atoms with Gasteiger partial charge in [-0.2, -0.15) is 0 Å². The molecule has 0 spiro atoms. The van der Waals surface area contributed by atoms with Crippen LogP contribution in [0.5, 0.6) is 0 Å². The molecule has 10 aromatic rings. The first-order valence-electron chi connectivity index (χ1n) is 27.0. The van der Waals surface area contributed by atoms with Crippen molar-refractivity contribution in [3.05, 3.63) is 318 Å². The lowest BCUT2D eigenvalue weighted by Gasteiger charge is -2.43. The summed E-state index contributed by atoms with van der Waals surface area (Å²) in [6, 6.07) is 72.0. The van der Waals surface area contributed by atoms with Crippen LogP contribution in [-0.4, -0.2) is 0 Å². The molecular formula is C75H56N2. The predicted molar refractivity (Wildman–Crippen MR) is 331 cm³/mol. The van der Waals surface area contributed by atoms with Gasteiger partial charge in [-0.15, -0.1) is 0 Å². The second-order valence-electron chi connectivity index (χ2n) is 20.9. The number of fused-ring (bicyclic) bond motifs is 8. The second kappa shape index (κ2) is 19.3. The SMILES string of the molecule is C=CC1=CC2C=C(N(c3ccc4cc(/C=C/c5ccc(N(c6ccc7cc8ccccc8cc7c6)c6c7ccccc7cc7ccccc67)cc5)ccc4c3)C3c4ccccc4C=C4C=CC=CC43)C=CC2C=C1/C=C\C. The summed E-state index contributed by atoms with van der Waals surface area (Å²) >= 11 is 0. The number of benzene rings is 10. The summed E-state index contributed by atoms with van der Waals surface area (Å²) in [7, 11) is 0. The van der Waals surface area contributed by atoms with E-state index in [0.717, 1.165) is 22.5 Å². The monoisotopic (exact) mass is 984 g/mol. The molecule has 366 valence electrons. The van der Waals surface area contributed by atoms with E-state index < -0.39 is 0 Å². The van der Waals surface area contributed by atoms with E-state index in [-0.39, 0.29) is 23.8 Å². The lowest BCUT2D eigenvalue weighted by Crippen LogP contribution is -2.36. The molecule has 0 fully saturated rings. The molecule has 0 aromatic heterocycles. The Morgan fingerprint density at radius 2 is 1.05 bits per heavy atom. The molecule has 77 heavy (non-hydrogen) atoms. The van der Waals surface area contributed by atoms with E-state index in [4.69, 9.17) is 0 Å². The number of rotatable bonds is 10. The zero-order valence-electron chi connectivity index (χ0n) is 43.0. The van der Waals surface area contributed by atoms with Gasteiger partial charge in [0.1, 0.15) is 0 Å². The van der Waals surface area contributed by atoms with Crippen LogP contribution >= 0.6 is 0 Å². The van der Waals surface area contributed by atoms with E-state index in [1.165, 1.54) is 98.8 Å². The molecule has 10 aromatic carbocycles. The highest BCUT2D eigenvalue weighted by Gasteiger charge is 2.37. The average Bonchev–Trinajstić information content (AvgIpc) is 3.54. The van der Waals surface area contributed by atoms with Crippen LogP contribution in [0.2, 0.25) is 0 Å². The number of allylic oxidation sites excluding steroid dienone is 13. The first kappa shape index (κ1) is 46.1. The molecule has 0 bridgehead atoms. The summed E-state index contributed by atoms with van der Waals surface area (Å²) in [5, 5.41) is 12.2. The van der Waals surface area contributed by atoms with Crippen LogP contribution in [0.3, 0.4) is 0 Å². The van der Waals surface area contributed by atoms with Crippen molar-refractivity contribution in [2.75, 3.05) is 9.80 Å². The summed E-state index contributed by atoms with van der Waals surface area (Å²) in [6.07, 6.45) is 34.3. The van der Waals surface area contributed by atoms with Gasteiger partial charge in [-0.3, -0.25) is 0 Å². The van der Waals surface area contributed by atoms with E-state index in [0.29, 0.717) is 0 Å². The predicted octanol–water partition coefficient (Wildman–Crippen LogP) is 20.1. The third-order valence-corrected chi connectivity index (χ3v) is 16.2. The Hall–Kier alpha value is -9.50. The summed E-state index contributed by atoms with van der Waals surface area (Å²) in [4.78, 5) is 5.07. The Bertz CT molecular complexity index is 4280. The van der Waals surface area contributed by atoms with Gasteiger partial charge in [-0.05, 0) is 156 Å². The quantitative estimate of drug-likeness (QED) is 0.0995. The molecule has 4 aliphatic carbocycles. The fourth-order valence-corrected chi connectivity index (χ4v) is 12.5. The van der Waals surface area contributed by atoms with E-state index >= 15 is 0 Å². The molecule has 0 amide bonds. The second-order valence-corrected chi connectivity index (χ2v) is 20.9. The molecule has 2 nitrogen and oxygen atoms in total. The Morgan fingerprint density at radius 1 is 0.455 bits per heavy atom. The summed E-state index contributed by atoms with van der Waals surface area (Å²) in [5.41, 5.74) is 14.5. The van der Waals surface area contributed by atoms with Crippen LogP contribution in [0, 0.1) is 17.8 Å². The number of hydrogen-bond donors (Lipinski definition) is 0. The molecule has 0 saturated heterocycles. The topological polar surface area (TPSA) is 6.48 Å². The fourth-order valence-electron chi connectivity index (χ4n) is 12.5. The Kier molecular flexibility index (Phi) is 11.6. The van der Waals surface area contributed by atoms with E-state index in [2.05, 4.69) is 302 Å². The zero-order chi connectivity index (χ0) is 51.4. The maximum absolute atomic E-state index is 4.20. The van der Waals surface area contributed by atoms with Gasteiger partial charge in [0.15, 0.2) is 0 Å². The van der Waals surface area contributed by atoms with Crippen LogP contribution in [0.15, 0.2) is 296 Å². The normalized spacial score (nSPS) is 18.6. The minimum Gasteiger partial charge on any atom is -0.333 e. The molecular weight excluding hydrogens is 929 g/mol. The van der Waals surface area contributed by atoms with Gasteiger partial charge in [0.25, 0.3) is 0 Å². The first-order chi connectivity index (χ1) is 38.0. The van der Waals surface area contributed by atoms with Gasteiger partial charge in [0, 0.05) is 51.3 Å². The number of nitrogens with zero attached hydrogens (tertiary/aromatic N) is 2. The van der Waals surface area contributed by atoms with E-state index in [1.54, 1.807) is 0 Å². The molecule has 2 heteroatoms. The molecule has 0 radical (unpaired) electrons. The maximum Gasteiger partial charge on any atom is 0.0700 e. The van der Waals surface area contributed by atoms with Crippen molar-refractivity contribution in [3.63, 3.8) is 0 Å². The number of anilines is 4. The highest BCUT2D eigenvalue weighted by atomic mass is 15.2. The third-order valence-electron chi connectivity index (χ3n) is 16.2. The van der Waals surface area contributed by atoms with Gasteiger partial charge in [-0.25, -0.2) is 0 Å². The van der Waals surface area contributed by atoms with Crippen LogP contribution in [0.25, 0.3) is 72.1 Å². The highest BCUT2D eigenvalue weighted by Crippen LogP contribution is 2.49. The Labute approximate surface area is 451 Å². The minimum absolute atomic E-state index is 0.0539. The van der Waals surface area contributed by atoms with Crippen LogP contribution < -0.4 is 9.80 Å². The maximum atomic E-state index is 4.20. The number of hydrogen-bond acceptors (Lipinski definition) is 2. The van der Waals surface area contributed by atoms with Gasteiger partial charge < -0.3 is 9.80 Å². The van der Waals surface area contributed by atoms with Crippen molar-refractivity contribution in [1.82, 2.24) is 0 Å². The standard InChI is InChI=1S/C75H56N2/c1-3-15-53-42-57-34-39-69(48-64(57)41-52(53)4-2)77(75-72-24-13-9-20-62(72)46-63-21-10-14-25-73(63)75)67-37-32-56-40-51(28-31-59(56)47-67)27-26-50-29-35-66(36-30-50)76(68-38-33-58-43-54-16-5-6-17-55(54)44-65(58)49-68)74-70-22-11-7-18-60(70)45-61-19-8-12-23-71(61)74/h3-49,57,64,72,75H,2H2,1H3/b15-3-,27-26+. The van der Waals surface area contributed by atoms with Crippen molar-refractivity contribution in [2.45, 2.75) is 13.0 Å². The molecule has 4 unspecified atom stereocenters. The lowest BCUT2D eigenvalue weighted by atomic mass is 9.75. The molecule has 4 atom stereocenters. The lowest BCUT2D eigenvalue weighted by molar-refractivity contribution is 0.554. The van der Waals surface area contributed by atoms with Gasteiger partial charge >= 0.3 is 0 Å². The minimum atomic E-state index is 0.0539. The van der Waals surface area contributed by atoms with Crippen molar-refractivity contribution >= 4 is 94.8 Å². The Morgan fingerprint density at radius 3 is 1.83 bits per heavy atom. The third kappa shape index (κ3) is 8.40. The zero-order valence-corrected chi connectivity index (χ0v) is 43.0. The van der Waals surface area contributed by atoms with Crippen LogP contribution in [0.4, 0.5) is 22.7 Å². The summed E-state index contributed by atoms with van der Waals surface area (Å²) in [5.74, 6) is 0.688. The summed E-state index contributed by atoms with van der Waals surface area (Å²) < 4.78 is 0. The smallest absolute Gasteiger partial charge is 0.0700 e. The van der Waals surface area contributed by atoms with Crippen molar-refractivity contribution in [1.29, 1.82) is 0 Å². The first-order valence-corrected chi connectivity index (χ1v) is 27.0. The molecule has 0 aliphatic heterocycles. The molecule has 0 saturated carbocycles. The van der Waals surface area contributed by atoms with Crippen molar-refractivity contribution in [2.24, 2.45) is 17.8 Å². The van der Waals surface area contributed by atoms with Gasteiger partial charge in [-0.1, -0.05) is 225 Å². The molecule has 0 N–H and O–H groups in total. The summed E-state index contributed by atoms with van der Waals surface area (Å²) in [6.45, 7) is 6.28. The van der Waals surface area contributed by atoms with Crippen molar-refractivity contribution < 1.29 is 0 Å². The molecule has 0 heterocycles. The Balaban J connectivity index is 0.810. The highest BCUT2D eigenvalue weighted by molar-refractivity contribution is 6.14. The molecule has 4 aliphatic rings. The molecule has 14 rings (SSSR count).